The molecule has 2 heterocycles. The molecule has 2 aromatic heterocycles. The van der Waals surface area contributed by atoms with Gasteiger partial charge in [-0.3, -0.25) is 4.57 Å². The first kappa shape index (κ1) is 20.3. The number of aromatic nitrogens is 4. The predicted octanol–water partition coefficient (Wildman–Crippen LogP) is 5.57. The maximum Gasteiger partial charge on any atom is 0.196 e. The van der Waals surface area contributed by atoms with E-state index in [4.69, 9.17) is 9.47 Å². The second-order valence-electron chi connectivity index (χ2n) is 7.46. The van der Waals surface area contributed by atoms with Crippen molar-refractivity contribution in [3.05, 3.63) is 48.7 Å². The number of benzene rings is 2. The van der Waals surface area contributed by atoms with Crippen molar-refractivity contribution >= 4 is 22.7 Å². The third-order valence-electron chi connectivity index (χ3n) is 5.02. The van der Waals surface area contributed by atoms with Gasteiger partial charge in [0.25, 0.3) is 0 Å². The number of nitrogens with zero attached hydrogens (tertiary/aromatic N) is 3. The van der Waals surface area contributed by atoms with Gasteiger partial charge >= 0.3 is 0 Å². The van der Waals surface area contributed by atoms with Crippen molar-refractivity contribution in [3.8, 4) is 28.6 Å². The Bertz CT molecular complexity index is 1150. The van der Waals surface area contributed by atoms with Crippen LogP contribution in [0.5, 0.6) is 11.5 Å². The Kier molecular flexibility index (Phi) is 5.99. The smallest absolute Gasteiger partial charge is 0.196 e. The quantitative estimate of drug-likeness (QED) is 0.376. The summed E-state index contributed by atoms with van der Waals surface area (Å²) in [6.45, 7) is 4.46. The van der Waals surface area contributed by atoms with Crippen LogP contribution in [0.3, 0.4) is 0 Å². The molecule has 4 rings (SSSR count). The second-order valence-corrected chi connectivity index (χ2v) is 8.52. The average molecular weight is 423 g/mol. The zero-order valence-corrected chi connectivity index (χ0v) is 18.5. The van der Waals surface area contributed by atoms with E-state index in [2.05, 4.69) is 45.7 Å². The Morgan fingerprint density at radius 1 is 1.07 bits per heavy atom. The third-order valence-corrected chi connectivity index (χ3v) is 5.98. The monoisotopic (exact) mass is 422 g/mol. The number of methoxy groups -OCH3 is 2. The van der Waals surface area contributed by atoms with Crippen molar-refractivity contribution in [2.45, 2.75) is 25.4 Å². The molecule has 0 aliphatic rings. The van der Waals surface area contributed by atoms with E-state index in [0.29, 0.717) is 5.92 Å². The van der Waals surface area contributed by atoms with Gasteiger partial charge in [0.15, 0.2) is 11.0 Å². The first-order valence-electron chi connectivity index (χ1n) is 9.99. The van der Waals surface area contributed by atoms with E-state index < -0.39 is 0 Å². The number of para-hydroxylation sites is 1. The number of thioether (sulfide) groups is 1. The van der Waals surface area contributed by atoms with E-state index in [0.717, 1.165) is 56.8 Å². The van der Waals surface area contributed by atoms with Gasteiger partial charge in [-0.05, 0) is 30.5 Å². The molecule has 7 heteroatoms. The van der Waals surface area contributed by atoms with E-state index in [-0.39, 0.29) is 0 Å². The molecule has 0 aliphatic heterocycles. The number of hydrogen-bond donors (Lipinski definition) is 1. The van der Waals surface area contributed by atoms with Crippen LogP contribution in [0.25, 0.3) is 28.0 Å². The number of ether oxygens (including phenoxy) is 2. The molecule has 0 aliphatic carbocycles. The van der Waals surface area contributed by atoms with Crippen molar-refractivity contribution in [1.29, 1.82) is 0 Å². The van der Waals surface area contributed by atoms with Crippen LogP contribution in [-0.4, -0.2) is 39.7 Å². The van der Waals surface area contributed by atoms with Crippen LogP contribution in [0.1, 0.15) is 20.3 Å². The van der Waals surface area contributed by atoms with Gasteiger partial charge in [0, 0.05) is 34.5 Å². The highest BCUT2D eigenvalue weighted by atomic mass is 32.2. The van der Waals surface area contributed by atoms with Gasteiger partial charge in [0.05, 0.1) is 19.9 Å². The number of nitrogens with one attached hydrogen (secondary N) is 1. The minimum absolute atomic E-state index is 0.633. The van der Waals surface area contributed by atoms with Gasteiger partial charge < -0.3 is 14.5 Å². The Hall–Kier alpha value is -2.93. The van der Waals surface area contributed by atoms with Crippen LogP contribution in [0, 0.1) is 5.92 Å². The fourth-order valence-electron chi connectivity index (χ4n) is 3.37. The van der Waals surface area contributed by atoms with Crippen LogP contribution >= 0.6 is 11.8 Å². The third kappa shape index (κ3) is 3.89. The van der Waals surface area contributed by atoms with Gasteiger partial charge in [-0.1, -0.05) is 43.8 Å². The minimum Gasteiger partial charge on any atom is -0.497 e. The number of H-pyrrole nitrogens is 1. The Balaban J connectivity index is 1.89. The maximum atomic E-state index is 5.68. The summed E-state index contributed by atoms with van der Waals surface area (Å²) in [5.74, 6) is 3.86. The minimum atomic E-state index is 0.633. The molecule has 2 aromatic carbocycles. The summed E-state index contributed by atoms with van der Waals surface area (Å²) in [5.41, 5.74) is 2.92. The molecule has 0 fully saturated rings. The molecule has 0 saturated carbocycles. The van der Waals surface area contributed by atoms with Crippen LogP contribution in [0.4, 0.5) is 0 Å². The Labute approximate surface area is 180 Å². The number of aromatic amines is 1. The zero-order chi connectivity index (χ0) is 21.1. The summed E-state index contributed by atoms with van der Waals surface area (Å²) in [4.78, 5) is 3.34. The highest BCUT2D eigenvalue weighted by molar-refractivity contribution is 7.99. The second kappa shape index (κ2) is 8.83. The molecule has 4 aromatic rings. The van der Waals surface area contributed by atoms with E-state index >= 15 is 0 Å². The van der Waals surface area contributed by atoms with Crippen molar-refractivity contribution in [1.82, 2.24) is 19.7 Å². The summed E-state index contributed by atoms with van der Waals surface area (Å²) in [5, 5.41) is 11.1. The molecule has 1 N–H and O–H groups in total. The highest BCUT2D eigenvalue weighted by Gasteiger charge is 2.21. The molecule has 30 heavy (non-hydrogen) atoms. The van der Waals surface area contributed by atoms with Crippen LogP contribution < -0.4 is 9.47 Å². The molecule has 0 saturated heterocycles. The fraction of sp³-hybridized carbons (Fsp3) is 0.304. The van der Waals surface area contributed by atoms with Crippen molar-refractivity contribution in [2.24, 2.45) is 5.92 Å². The molecule has 0 spiro atoms. The molecule has 0 atom stereocenters. The van der Waals surface area contributed by atoms with Crippen molar-refractivity contribution < 1.29 is 9.47 Å². The van der Waals surface area contributed by atoms with Gasteiger partial charge in [-0.25, -0.2) is 0 Å². The lowest BCUT2D eigenvalue weighted by Crippen LogP contribution is -2.03. The normalized spacial score (nSPS) is 11.4. The Morgan fingerprint density at radius 2 is 1.90 bits per heavy atom. The lowest BCUT2D eigenvalue weighted by atomic mass is 10.1. The predicted molar refractivity (Wildman–Crippen MR) is 122 cm³/mol. The molecular formula is C23H26N4O2S. The number of hydrogen-bond acceptors (Lipinski definition) is 5. The highest BCUT2D eigenvalue weighted by Crippen LogP contribution is 2.37. The average Bonchev–Trinajstić information content (AvgIpc) is 3.37. The van der Waals surface area contributed by atoms with Gasteiger partial charge in [0.1, 0.15) is 11.5 Å². The van der Waals surface area contributed by atoms with Gasteiger partial charge in [0.2, 0.25) is 0 Å². The Morgan fingerprint density at radius 3 is 2.67 bits per heavy atom. The van der Waals surface area contributed by atoms with Crippen LogP contribution in [0.2, 0.25) is 0 Å². The number of fused-ring (bicyclic) bond motifs is 1. The summed E-state index contributed by atoms with van der Waals surface area (Å²) < 4.78 is 13.2. The lowest BCUT2D eigenvalue weighted by Gasteiger charge is -2.15. The largest absolute Gasteiger partial charge is 0.497 e. The maximum absolute atomic E-state index is 5.68. The van der Waals surface area contributed by atoms with E-state index in [9.17, 15) is 0 Å². The lowest BCUT2D eigenvalue weighted by molar-refractivity contribution is 0.401. The SMILES string of the molecule is COc1ccc(OC)c(-n2c(SCCC(C)C)nnc2-c2c[nH]c3ccccc23)c1. The van der Waals surface area contributed by atoms with Crippen molar-refractivity contribution in [2.75, 3.05) is 20.0 Å². The van der Waals surface area contributed by atoms with Gasteiger partial charge in [-0.15, -0.1) is 10.2 Å². The van der Waals surface area contributed by atoms with E-state index in [1.54, 1.807) is 26.0 Å². The summed E-state index contributed by atoms with van der Waals surface area (Å²) in [6, 6.07) is 14.0. The summed E-state index contributed by atoms with van der Waals surface area (Å²) in [6.07, 6.45) is 3.09. The molecule has 0 amide bonds. The molecule has 0 radical (unpaired) electrons. The fourth-order valence-corrected chi connectivity index (χ4v) is 4.55. The topological polar surface area (TPSA) is 65.0 Å². The summed E-state index contributed by atoms with van der Waals surface area (Å²) in [7, 11) is 3.34. The number of rotatable bonds is 8. The van der Waals surface area contributed by atoms with E-state index in [1.807, 2.05) is 36.5 Å². The zero-order valence-electron chi connectivity index (χ0n) is 17.7. The van der Waals surface area contributed by atoms with E-state index in [1.165, 1.54) is 0 Å². The first-order chi connectivity index (χ1) is 14.6. The molecule has 0 bridgehead atoms. The molecular weight excluding hydrogens is 396 g/mol. The van der Waals surface area contributed by atoms with Crippen molar-refractivity contribution in [3.63, 3.8) is 0 Å². The summed E-state index contributed by atoms with van der Waals surface area (Å²) >= 11 is 1.71. The van der Waals surface area contributed by atoms with Crippen LogP contribution in [-0.2, 0) is 0 Å². The van der Waals surface area contributed by atoms with Gasteiger partial charge in [-0.2, -0.15) is 0 Å². The molecule has 156 valence electrons. The standard InChI is InChI=1S/C23H26N4O2S/c1-15(2)11-12-30-23-26-25-22(18-14-24-19-8-6-5-7-17(18)19)27(23)20-13-16(28-3)9-10-21(20)29-4/h5-10,13-15,24H,11-12H2,1-4H3. The molecule has 6 nitrogen and oxygen atoms in total. The first-order valence-corrected chi connectivity index (χ1v) is 11.0. The van der Waals surface area contributed by atoms with Crippen LogP contribution in [0.15, 0.2) is 53.8 Å². The molecule has 0 unspecified atom stereocenters.